The molecule has 31 heavy (non-hydrogen) atoms. The summed E-state index contributed by atoms with van der Waals surface area (Å²) in [5, 5.41) is 3.16. The Kier molecular flexibility index (Phi) is 5.38. The largest absolute Gasteiger partial charge is 0.444 e. The minimum Gasteiger partial charge on any atom is -0.444 e. The molecule has 0 saturated heterocycles. The molecule has 1 aliphatic heterocycles. The summed E-state index contributed by atoms with van der Waals surface area (Å²) in [6.07, 6.45) is -2.53. The Morgan fingerprint density at radius 2 is 2.06 bits per heavy atom. The number of aromatic nitrogens is 3. The summed E-state index contributed by atoms with van der Waals surface area (Å²) in [5.74, 6) is -0.847. The van der Waals surface area contributed by atoms with Crippen LogP contribution in [0.1, 0.15) is 54.0 Å². The Hall–Kier alpha value is -3.08. The summed E-state index contributed by atoms with van der Waals surface area (Å²) >= 11 is 1.30. The Morgan fingerprint density at radius 1 is 1.29 bits per heavy atom. The molecule has 164 valence electrons. The molecule has 11 heteroatoms. The molecule has 8 nitrogen and oxygen atoms in total. The van der Waals surface area contributed by atoms with E-state index in [9.17, 15) is 18.4 Å². The standard InChI is InChI=1S/C20H21F2N5O3S/c1-20(2,3)30-19(29)27-7-6-12-14(9-27)31-18(25-12)26-17(28)10-4-5-11-13(8-10)24-16(23-11)15(21)22/h4-5,8,15H,6-7,9H2,1-3H3,(H,23,24)(H,25,26,28). The first-order valence-electron chi connectivity index (χ1n) is 9.65. The van der Waals surface area contributed by atoms with Crippen molar-refractivity contribution in [3.05, 3.63) is 40.2 Å². The molecular weight excluding hydrogens is 428 g/mol. The first-order chi connectivity index (χ1) is 14.6. The topological polar surface area (TPSA) is 100 Å². The van der Waals surface area contributed by atoms with Gasteiger partial charge in [0.25, 0.3) is 12.3 Å². The Labute approximate surface area is 180 Å². The van der Waals surface area contributed by atoms with Gasteiger partial charge < -0.3 is 14.6 Å². The fourth-order valence-electron chi connectivity index (χ4n) is 3.17. The third kappa shape index (κ3) is 4.66. The van der Waals surface area contributed by atoms with Crippen LogP contribution in [0.2, 0.25) is 0 Å². The average Bonchev–Trinajstić information content (AvgIpc) is 3.28. The van der Waals surface area contributed by atoms with Crippen molar-refractivity contribution in [3.63, 3.8) is 0 Å². The smallest absolute Gasteiger partial charge is 0.410 e. The summed E-state index contributed by atoms with van der Waals surface area (Å²) in [4.78, 5) is 38.2. The van der Waals surface area contributed by atoms with E-state index in [4.69, 9.17) is 4.74 Å². The minimum atomic E-state index is -2.72. The molecule has 0 fully saturated rings. The van der Waals surface area contributed by atoms with Gasteiger partial charge in [0.05, 0.1) is 23.3 Å². The number of H-pyrrole nitrogens is 1. The maximum absolute atomic E-state index is 12.8. The molecule has 0 radical (unpaired) electrons. The highest BCUT2D eigenvalue weighted by molar-refractivity contribution is 7.15. The number of rotatable bonds is 3. The molecule has 2 aromatic heterocycles. The van der Waals surface area contributed by atoms with Gasteiger partial charge in [0.1, 0.15) is 5.60 Å². The van der Waals surface area contributed by atoms with Gasteiger partial charge in [-0.25, -0.2) is 23.5 Å². The third-order valence-electron chi connectivity index (χ3n) is 4.57. The van der Waals surface area contributed by atoms with Crippen LogP contribution in [0.3, 0.4) is 0 Å². The Bertz CT molecular complexity index is 1150. The van der Waals surface area contributed by atoms with Crippen molar-refractivity contribution in [1.29, 1.82) is 0 Å². The molecule has 0 spiro atoms. The van der Waals surface area contributed by atoms with Crippen molar-refractivity contribution in [3.8, 4) is 0 Å². The molecule has 0 aliphatic carbocycles. The van der Waals surface area contributed by atoms with Crippen LogP contribution in [-0.4, -0.2) is 44.0 Å². The van der Waals surface area contributed by atoms with E-state index >= 15 is 0 Å². The molecule has 1 aromatic carbocycles. The number of halogens is 2. The number of carbonyl (C=O) groups is 2. The van der Waals surface area contributed by atoms with Crippen molar-refractivity contribution in [2.24, 2.45) is 0 Å². The van der Waals surface area contributed by atoms with E-state index in [1.165, 1.54) is 29.5 Å². The number of hydrogen-bond acceptors (Lipinski definition) is 6. The van der Waals surface area contributed by atoms with Crippen LogP contribution in [0.25, 0.3) is 11.0 Å². The van der Waals surface area contributed by atoms with Gasteiger partial charge >= 0.3 is 6.09 Å². The van der Waals surface area contributed by atoms with Crippen LogP contribution in [0.4, 0.5) is 18.7 Å². The number of amides is 2. The van der Waals surface area contributed by atoms with E-state index < -0.39 is 23.8 Å². The van der Waals surface area contributed by atoms with Crippen molar-refractivity contribution in [2.45, 2.75) is 45.8 Å². The summed E-state index contributed by atoms with van der Waals surface area (Å²) in [6, 6.07) is 4.50. The fourth-order valence-corrected chi connectivity index (χ4v) is 4.19. The molecule has 0 atom stereocenters. The number of thiazole rings is 1. The molecule has 3 aromatic rings. The van der Waals surface area contributed by atoms with Gasteiger partial charge in [0.15, 0.2) is 11.0 Å². The number of fused-ring (bicyclic) bond motifs is 2. The zero-order valence-corrected chi connectivity index (χ0v) is 18.0. The van der Waals surface area contributed by atoms with E-state index in [-0.39, 0.29) is 6.09 Å². The third-order valence-corrected chi connectivity index (χ3v) is 5.57. The summed E-state index contributed by atoms with van der Waals surface area (Å²) < 4.78 is 31.0. The molecule has 4 rings (SSSR count). The van der Waals surface area contributed by atoms with Crippen LogP contribution in [0.15, 0.2) is 18.2 Å². The number of alkyl halides is 2. The second kappa shape index (κ2) is 7.88. The number of benzene rings is 1. The lowest BCUT2D eigenvalue weighted by Crippen LogP contribution is -2.39. The van der Waals surface area contributed by atoms with E-state index in [0.29, 0.717) is 41.2 Å². The van der Waals surface area contributed by atoms with Gasteiger partial charge in [-0.2, -0.15) is 0 Å². The highest BCUT2D eigenvalue weighted by Crippen LogP contribution is 2.29. The second-order valence-electron chi connectivity index (χ2n) is 8.15. The second-order valence-corrected chi connectivity index (χ2v) is 9.23. The number of imidazole rings is 1. The lowest BCUT2D eigenvalue weighted by Gasteiger charge is -2.29. The van der Waals surface area contributed by atoms with Gasteiger partial charge in [-0.15, -0.1) is 0 Å². The fraction of sp³-hybridized carbons (Fsp3) is 0.400. The van der Waals surface area contributed by atoms with Gasteiger partial charge in [-0.3, -0.25) is 10.1 Å². The zero-order valence-electron chi connectivity index (χ0n) is 17.2. The van der Waals surface area contributed by atoms with Crippen molar-refractivity contribution in [1.82, 2.24) is 19.9 Å². The molecule has 0 unspecified atom stereocenters. The van der Waals surface area contributed by atoms with Crippen molar-refractivity contribution in [2.75, 3.05) is 11.9 Å². The Morgan fingerprint density at radius 3 is 2.77 bits per heavy atom. The van der Waals surface area contributed by atoms with Gasteiger partial charge in [0, 0.05) is 23.4 Å². The molecule has 2 N–H and O–H groups in total. The number of ether oxygens (including phenoxy) is 1. The van der Waals surface area contributed by atoms with E-state index in [0.717, 1.165) is 10.6 Å². The molecule has 2 amide bonds. The monoisotopic (exact) mass is 449 g/mol. The number of nitrogens with one attached hydrogen (secondary N) is 2. The van der Waals surface area contributed by atoms with E-state index in [1.807, 2.05) is 20.8 Å². The molecular formula is C20H21F2N5O3S. The first kappa shape index (κ1) is 21.2. The minimum absolute atomic E-state index is 0.292. The van der Waals surface area contributed by atoms with Crippen LogP contribution in [0, 0.1) is 0 Å². The summed E-state index contributed by atoms with van der Waals surface area (Å²) in [6.45, 7) is 6.30. The highest BCUT2D eigenvalue weighted by atomic mass is 32.1. The van der Waals surface area contributed by atoms with Crippen LogP contribution in [-0.2, 0) is 17.7 Å². The summed E-state index contributed by atoms with van der Waals surface area (Å²) in [5.41, 5.74) is 1.27. The molecule has 0 bridgehead atoms. The van der Waals surface area contributed by atoms with E-state index in [2.05, 4.69) is 20.3 Å². The van der Waals surface area contributed by atoms with E-state index in [1.54, 1.807) is 4.90 Å². The first-order valence-corrected chi connectivity index (χ1v) is 10.5. The average molecular weight is 449 g/mol. The predicted molar refractivity (Wildman–Crippen MR) is 111 cm³/mol. The lowest BCUT2D eigenvalue weighted by atomic mass is 10.2. The Balaban J connectivity index is 1.46. The van der Waals surface area contributed by atoms with Crippen LogP contribution >= 0.6 is 11.3 Å². The van der Waals surface area contributed by atoms with Gasteiger partial charge in [-0.1, -0.05) is 11.3 Å². The van der Waals surface area contributed by atoms with Crippen LogP contribution in [0.5, 0.6) is 0 Å². The van der Waals surface area contributed by atoms with Gasteiger partial charge in [0.2, 0.25) is 0 Å². The lowest BCUT2D eigenvalue weighted by molar-refractivity contribution is 0.0225. The molecule has 0 saturated carbocycles. The van der Waals surface area contributed by atoms with Crippen LogP contribution < -0.4 is 5.32 Å². The van der Waals surface area contributed by atoms with Gasteiger partial charge in [-0.05, 0) is 39.0 Å². The quantitative estimate of drug-likeness (QED) is 0.613. The number of aromatic amines is 1. The predicted octanol–water partition coefficient (Wildman–Crippen LogP) is 4.50. The van der Waals surface area contributed by atoms with Crippen molar-refractivity contribution >= 4 is 39.5 Å². The zero-order chi connectivity index (χ0) is 22.3. The maximum atomic E-state index is 12.8. The number of carbonyl (C=O) groups excluding carboxylic acids is 2. The summed E-state index contributed by atoms with van der Waals surface area (Å²) in [7, 11) is 0. The number of hydrogen-bond donors (Lipinski definition) is 2. The maximum Gasteiger partial charge on any atom is 0.410 e. The van der Waals surface area contributed by atoms with Crippen molar-refractivity contribution < 1.29 is 23.1 Å². The number of anilines is 1. The highest BCUT2D eigenvalue weighted by Gasteiger charge is 2.28. The normalized spacial score (nSPS) is 14.1. The SMILES string of the molecule is CC(C)(C)OC(=O)N1CCc2nc(NC(=O)c3ccc4nc(C(F)F)[nH]c4c3)sc2C1. The molecule has 3 heterocycles. The molecule has 1 aliphatic rings. The number of nitrogens with zero attached hydrogens (tertiary/aromatic N) is 3.